The summed E-state index contributed by atoms with van der Waals surface area (Å²) in [6, 6.07) is 0. The topological polar surface area (TPSA) is 37.3 Å². The fourth-order valence-electron chi connectivity index (χ4n) is 7.46. The van der Waals surface area contributed by atoms with Gasteiger partial charge in [-0.25, -0.2) is 0 Å². The monoisotopic (exact) mass is 316 g/mol. The second-order valence-corrected chi connectivity index (χ2v) is 9.46. The first-order chi connectivity index (χ1) is 10.9. The summed E-state index contributed by atoms with van der Waals surface area (Å²) in [5.74, 6) is 3.68. The van der Waals surface area contributed by atoms with Crippen molar-refractivity contribution in [1.29, 1.82) is 0 Å². The van der Waals surface area contributed by atoms with Crippen LogP contribution in [0.3, 0.4) is 0 Å². The summed E-state index contributed by atoms with van der Waals surface area (Å²) in [6.45, 7) is 6.69. The smallest absolute Gasteiger partial charge is 0.133 e. The molecule has 8 atom stereocenters. The van der Waals surface area contributed by atoms with Crippen LogP contribution in [0.2, 0.25) is 0 Å². The average molecular weight is 316 g/mol. The maximum atomic E-state index is 12.2. The van der Waals surface area contributed by atoms with Gasteiger partial charge in [-0.15, -0.1) is 0 Å². The number of hydrogen-bond acceptors (Lipinski definition) is 2. The van der Waals surface area contributed by atoms with Crippen molar-refractivity contribution in [2.24, 2.45) is 40.4 Å². The lowest BCUT2D eigenvalue weighted by molar-refractivity contribution is -0.129. The molecule has 23 heavy (non-hydrogen) atoms. The Morgan fingerprint density at radius 3 is 2.61 bits per heavy atom. The number of aliphatic hydroxyl groups excluding tert-OH is 1. The van der Waals surface area contributed by atoms with Crippen LogP contribution in [0.25, 0.3) is 0 Å². The van der Waals surface area contributed by atoms with E-state index in [0.717, 1.165) is 30.6 Å². The number of rotatable bonds is 1. The van der Waals surface area contributed by atoms with Crippen molar-refractivity contribution in [3.8, 4) is 0 Å². The molecule has 0 amide bonds. The molecule has 4 aliphatic rings. The first-order valence-corrected chi connectivity index (χ1v) is 9.74. The third-order valence-corrected chi connectivity index (χ3v) is 8.66. The fraction of sp³-hybridized carbons (Fsp3) is 0.857. The maximum absolute atomic E-state index is 12.2. The van der Waals surface area contributed by atoms with Gasteiger partial charge >= 0.3 is 0 Å². The van der Waals surface area contributed by atoms with Crippen LogP contribution in [0.15, 0.2) is 12.2 Å². The van der Waals surface area contributed by atoms with Gasteiger partial charge in [-0.3, -0.25) is 4.79 Å². The summed E-state index contributed by atoms with van der Waals surface area (Å²) in [5.41, 5.74) is 0.534. The highest BCUT2D eigenvalue weighted by Gasteiger charge is 2.60. The Bertz CT molecular complexity index is 538. The van der Waals surface area contributed by atoms with E-state index in [1.54, 1.807) is 0 Å². The van der Waals surface area contributed by atoms with Crippen molar-refractivity contribution in [2.45, 2.75) is 71.8 Å². The zero-order valence-corrected chi connectivity index (χ0v) is 14.9. The highest BCUT2D eigenvalue weighted by Crippen LogP contribution is 2.66. The molecule has 3 saturated carbocycles. The van der Waals surface area contributed by atoms with Gasteiger partial charge in [0.15, 0.2) is 0 Å². The van der Waals surface area contributed by atoms with Crippen LogP contribution < -0.4 is 0 Å². The molecule has 128 valence electrons. The number of Topliss-reactive ketones (excluding diaryl/α,β-unsaturated/α-hetero) is 1. The second-order valence-electron chi connectivity index (χ2n) is 9.46. The van der Waals surface area contributed by atoms with E-state index >= 15 is 0 Å². The molecule has 0 aromatic heterocycles. The number of ketones is 1. The van der Waals surface area contributed by atoms with E-state index in [2.05, 4.69) is 26.0 Å². The Labute approximate surface area is 140 Å². The minimum atomic E-state index is -0.230. The molecule has 0 bridgehead atoms. The Kier molecular flexibility index (Phi) is 3.58. The Morgan fingerprint density at radius 2 is 1.87 bits per heavy atom. The summed E-state index contributed by atoms with van der Waals surface area (Å²) in [6.07, 6.45) is 12.6. The maximum Gasteiger partial charge on any atom is 0.133 e. The SMILES string of the molecule is CC(=O)[C@H]1CC[C@H]2[C@@H]3CC[C@H]4C[C@H](O)C=C[C@]4(C)[C@H]3CC[C@]12C. The lowest BCUT2D eigenvalue weighted by Crippen LogP contribution is -2.53. The van der Waals surface area contributed by atoms with E-state index in [4.69, 9.17) is 0 Å². The Balaban J connectivity index is 1.65. The zero-order valence-electron chi connectivity index (χ0n) is 14.9. The highest BCUT2D eigenvalue weighted by molar-refractivity contribution is 5.79. The number of carbonyl (C=O) groups is 1. The van der Waals surface area contributed by atoms with Gasteiger partial charge in [0.2, 0.25) is 0 Å². The van der Waals surface area contributed by atoms with Crippen molar-refractivity contribution in [3.63, 3.8) is 0 Å². The molecule has 0 aliphatic heterocycles. The predicted molar refractivity (Wildman–Crippen MR) is 91.8 cm³/mol. The molecule has 3 fully saturated rings. The van der Waals surface area contributed by atoms with Crippen LogP contribution >= 0.6 is 0 Å². The average Bonchev–Trinajstić information content (AvgIpc) is 2.85. The summed E-state index contributed by atoms with van der Waals surface area (Å²) < 4.78 is 0. The van der Waals surface area contributed by atoms with Crippen LogP contribution in [0.4, 0.5) is 0 Å². The van der Waals surface area contributed by atoms with Crippen LogP contribution in [0.1, 0.15) is 65.7 Å². The molecule has 0 aromatic rings. The first-order valence-electron chi connectivity index (χ1n) is 9.74. The van der Waals surface area contributed by atoms with Crippen molar-refractivity contribution in [1.82, 2.24) is 0 Å². The minimum Gasteiger partial charge on any atom is -0.389 e. The van der Waals surface area contributed by atoms with E-state index in [1.807, 2.05) is 6.92 Å². The molecule has 4 rings (SSSR count). The van der Waals surface area contributed by atoms with Crippen molar-refractivity contribution >= 4 is 5.78 Å². The molecular formula is C21H32O2. The molecule has 1 N–H and O–H groups in total. The molecular weight excluding hydrogens is 284 g/mol. The lowest BCUT2D eigenvalue weighted by Gasteiger charge is -2.59. The number of carbonyl (C=O) groups excluding carboxylic acids is 1. The van der Waals surface area contributed by atoms with Crippen molar-refractivity contribution in [3.05, 3.63) is 12.2 Å². The molecule has 0 heterocycles. The van der Waals surface area contributed by atoms with E-state index < -0.39 is 0 Å². The van der Waals surface area contributed by atoms with E-state index in [9.17, 15) is 9.90 Å². The van der Waals surface area contributed by atoms with E-state index in [0.29, 0.717) is 17.6 Å². The van der Waals surface area contributed by atoms with Gasteiger partial charge in [-0.1, -0.05) is 26.0 Å². The normalized spacial score (nSPS) is 55.0. The molecule has 4 aliphatic carbocycles. The molecule has 0 aromatic carbocycles. The summed E-state index contributed by atoms with van der Waals surface area (Å²) in [7, 11) is 0. The van der Waals surface area contributed by atoms with Gasteiger partial charge in [0.1, 0.15) is 5.78 Å². The van der Waals surface area contributed by atoms with Crippen LogP contribution in [-0.2, 0) is 4.79 Å². The third kappa shape index (κ3) is 2.13. The number of allylic oxidation sites excluding steroid dienone is 1. The van der Waals surface area contributed by atoms with Gasteiger partial charge in [0.05, 0.1) is 6.10 Å². The second kappa shape index (κ2) is 5.18. The number of hydrogen-bond donors (Lipinski definition) is 1. The lowest BCUT2D eigenvalue weighted by atomic mass is 9.46. The fourth-order valence-corrected chi connectivity index (χ4v) is 7.46. The quantitative estimate of drug-likeness (QED) is 0.729. The summed E-state index contributed by atoms with van der Waals surface area (Å²) in [5, 5.41) is 10.0. The number of fused-ring (bicyclic) bond motifs is 5. The standard InChI is InChI=1S/C21H32O2/c1-13(22)17-6-7-18-16-5-4-14-12-15(23)8-10-20(14,2)19(16)9-11-21(17,18)3/h8,10,14-19,23H,4-7,9,11-12H2,1-3H3/t14-,15+,16-,17+,18-,19-,20-,21+/m0/s1. The van der Waals surface area contributed by atoms with Crippen LogP contribution in [0.5, 0.6) is 0 Å². The summed E-state index contributed by atoms with van der Waals surface area (Å²) >= 11 is 0. The summed E-state index contributed by atoms with van der Waals surface area (Å²) in [4.78, 5) is 12.2. The molecule has 0 unspecified atom stereocenters. The van der Waals surface area contributed by atoms with Crippen LogP contribution in [-0.4, -0.2) is 17.0 Å². The van der Waals surface area contributed by atoms with Crippen molar-refractivity contribution < 1.29 is 9.90 Å². The highest BCUT2D eigenvalue weighted by atomic mass is 16.3. The molecule has 0 spiro atoms. The molecule has 2 nitrogen and oxygen atoms in total. The van der Waals surface area contributed by atoms with Gasteiger partial charge in [-0.05, 0) is 86.4 Å². The van der Waals surface area contributed by atoms with Gasteiger partial charge < -0.3 is 5.11 Å². The van der Waals surface area contributed by atoms with Gasteiger partial charge in [0, 0.05) is 5.92 Å². The molecule has 2 heteroatoms. The zero-order chi connectivity index (χ0) is 16.4. The van der Waals surface area contributed by atoms with Crippen LogP contribution in [0, 0.1) is 40.4 Å². The Hall–Kier alpha value is -0.630. The number of aliphatic hydroxyl groups is 1. The predicted octanol–water partition coefficient (Wildman–Crippen LogP) is 4.37. The van der Waals surface area contributed by atoms with Crippen molar-refractivity contribution in [2.75, 3.05) is 0 Å². The first kappa shape index (κ1) is 15.9. The minimum absolute atomic E-state index is 0.230. The van der Waals surface area contributed by atoms with E-state index in [-0.39, 0.29) is 16.9 Å². The largest absolute Gasteiger partial charge is 0.389 e. The van der Waals surface area contributed by atoms with E-state index in [1.165, 1.54) is 32.1 Å². The van der Waals surface area contributed by atoms with Gasteiger partial charge in [-0.2, -0.15) is 0 Å². The Morgan fingerprint density at radius 1 is 1.09 bits per heavy atom. The van der Waals surface area contributed by atoms with Gasteiger partial charge in [0.25, 0.3) is 0 Å². The molecule has 0 saturated heterocycles. The molecule has 0 radical (unpaired) electrons. The third-order valence-electron chi connectivity index (χ3n) is 8.66.